The summed E-state index contributed by atoms with van der Waals surface area (Å²) in [6.45, 7) is 3.74. The van der Waals surface area contributed by atoms with E-state index in [1.165, 1.54) is 0 Å². The molecule has 2 N–H and O–H groups in total. The van der Waals surface area contributed by atoms with Crippen molar-refractivity contribution >= 4 is 21.8 Å². The molecule has 0 spiro atoms. The molecule has 1 saturated heterocycles. The van der Waals surface area contributed by atoms with Crippen LogP contribution in [0.4, 0.5) is 0 Å². The Morgan fingerprint density at radius 1 is 1.48 bits per heavy atom. The van der Waals surface area contributed by atoms with Gasteiger partial charge in [-0.1, -0.05) is 6.92 Å². The van der Waals surface area contributed by atoms with Gasteiger partial charge >= 0.3 is 0 Å². The Balaban J connectivity index is 2.03. The Morgan fingerprint density at radius 3 is 2.95 bits per heavy atom. The molecular formula is C14H25N3O2S2. The minimum absolute atomic E-state index is 0.0654. The van der Waals surface area contributed by atoms with Crippen LogP contribution in [-0.4, -0.2) is 37.1 Å². The monoisotopic (exact) mass is 331 g/mol. The van der Waals surface area contributed by atoms with E-state index in [0.717, 1.165) is 43.0 Å². The molecule has 7 heteroatoms. The van der Waals surface area contributed by atoms with Crippen LogP contribution >= 0.6 is 11.8 Å². The number of aromatic nitrogens is 1. The van der Waals surface area contributed by atoms with Crippen molar-refractivity contribution in [3.8, 4) is 0 Å². The highest BCUT2D eigenvalue weighted by molar-refractivity contribution is 7.99. The lowest BCUT2D eigenvalue weighted by molar-refractivity contribution is 0.543. The van der Waals surface area contributed by atoms with Crippen LogP contribution in [0.3, 0.4) is 0 Å². The van der Waals surface area contributed by atoms with Crippen LogP contribution in [0, 0.1) is 0 Å². The molecule has 2 heterocycles. The molecule has 5 nitrogen and oxygen atoms in total. The van der Waals surface area contributed by atoms with Gasteiger partial charge in [0.2, 0.25) is 10.0 Å². The molecule has 1 aliphatic rings. The van der Waals surface area contributed by atoms with Crippen LogP contribution in [0.5, 0.6) is 0 Å². The fourth-order valence-corrected chi connectivity index (χ4v) is 4.96. The SMILES string of the molecule is CCCNCc1cc(S(=O)(=O)NC2CCCSC2)cn1C. The number of sulfonamides is 1. The predicted octanol–water partition coefficient (Wildman–Crippen LogP) is 1.70. The fourth-order valence-electron chi connectivity index (χ4n) is 2.41. The molecule has 120 valence electrons. The van der Waals surface area contributed by atoms with E-state index < -0.39 is 10.0 Å². The van der Waals surface area contributed by atoms with E-state index in [4.69, 9.17) is 0 Å². The highest BCUT2D eigenvalue weighted by atomic mass is 32.2. The average molecular weight is 332 g/mol. The van der Waals surface area contributed by atoms with Crippen molar-refractivity contribution in [2.75, 3.05) is 18.1 Å². The van der Waals surface area contributed by atoms with Crippen LogP contribution in [0.2, 0.25) is 0 Å². The summed E-state index contributed by atoms with van der Waals surface area (Å²) < 4.78 is 29.6. The molecular weight excluding hydrogens is 306 g/mol. The van der Waals surface area contributed by atoms with Gasteiger partial charge in [-0.15, -0.1) is 0 Å². The third kappa shape index (κ3) is 4.74. The van der Waals surface area contributed by atoms with Crippen LogP contribution in [0.1, 0.15) is 31.9 Å². The fraction of sp³-hybridized carbons (Fsp3) is 0.714. The molecule has 1 aliphatic heterocycles. The summed E-state index contributed by atoms with van der Waals surface area (Å²) in [6.07, 6.45) is 4.78. The third-order valence-electron chi connectivity index (χ3n) is 3.61. The first-order valence-electron chi connectivity index (χ1n) is 7.49. The number of nitrogens with one attached hydrogen (secondary N) is 2. The summed E-state index contributed by atoms with van der Waals surface area (Å²) in [6, 6.07) is 1.83. The first-order valence-corrected chi connectivity index (χ1v) is 10.1. The number of aryl methyl sites for hydroxylation is 1. The van der Waals surface area contributed by atoms with Gasteiger partial charge in [-0.2, -0.15) is 11.8 Å². The zero-order valence-corrected chi connectivity index (χ0v) is 14.4. The molecule has 1 aromatic heterocycles. The second kappa shape index (κ2) is 7.67. The molecule has 1 aromatic rings. The molecule has 21 heavy (non-hydrogen) atoms. The molecule has 1 atom stereocenters. The van der Waals surface area contributed by atoms with Gasteiger partial charge in [0, 0.05) is 37.3 Å². The first kappa shape index (κ1) is 16.9. The summed E-state index contributed by atoms with van der Waals surface area (Å²) in [7, 11) is -1.52. The van der Waals surface area contributed by atoms with Crippen molar-refractivity contribution in [3.05, 3.63) is 18.0 Å². The summed E-state index contributed by atoms with van der Waals surface area (Å²) >= 11 is 1.82. The minimum atomic E-state index is -3.40. The van der Waals surface area contributed by atoms with Crippen LogP contribution in [0.25, 0.3) is 0 Å². The minimum Gasteiger partial charge on any atom is -0.352 e. The van der Waals surface area contributed by atoms with Gasteiger partial charge in [-0.3, -0.25) is 0 Å². The molecule has 0 aromatic carbocycles. The molecule has 1 fully saturated rings. The lowest BCUT2D eigenvalue weighted by Crippen LogP contribution is -2.38. The van der Waals surface area contributed by atoms with Crippen molar-refractivity contribution in [2.24, 2.45) is 7.05 Å². The van der Waals surface area contributed by atoms with Crippen LogP contribution in [0.15, 0.2) is 17.2 Å². The second-order valence-electron chi connectivity index (χ2n) is 5.49. The van der Waals surface area contributed by atoms with Crippen molar-refractivity contribution in [1.82, 2.24) is 14.6 Å². The molecule has 1 unspecified atom stereocenters. The van der Waals surface area contributed by atoms with Crippen molar-refractivity contribution in [2.45, 2.75) is 43.7 Å². The lowest BCUT2D eigenvalue weighted by atomic mass is 10.2. The largest absolute Gasteiger partial charge is 0.352 e. The predicted molar refractivity (Wildman–Crippen MR) is 88.1 cm³/mol. The molecule has 0 saturated carbocycles. The Hall–Kier alpha value is -0.500. The second-order valence-corrected chi connectivity index (χ2v) is 8.35. The quantitative estimate of drug-likeness (QED) is 0.747. The van der Waals surface area contributed by atoms with Gasteiger partial charge in [0.15, 0.2) is 0 Å². The average Bonchev–Trinajstić information content (AvgIpc) is 2.82. The lowest BCUT2D eigenvalue weighted by Gasteiger charge is -2.21. The molecule has 2 rings (SSSR count). The number of thioether (sulfide) groups is 1. The molecule has 0 radical (unpaired) electrons. The van der Waals surface area contributed by atoms with Crippen molar-refractivity contribution in [1.29, 1.82) is 0 Å². The first-order chi connectivity index (χ1) is 10.0. The highest BCUT2D eigenvalue weighted by Crippen LogP contribution is 2.20. The van der Waals surface area contributed by atoms with E-state index >= 15 is 0 Å². The summed E-state index contributed by atoms with van der Waals surface area (Å²) in [5.74, 6) is 2.01. The Bertz CT molecular complexity index is 549. The van der Waals surface area contributed by atoms with Crippen molar-refractivity contribution in [3.63, 3.8) is 0 Å². The van der Waals surface area contributed by atoms with Gasteiger partial charge in [0.25, 0.3) is 0 Å². The van der Waals surface area contributed by atoms with Crippen LogP contribution in [-0.2, 0) is 23.6 Å². The zero-order chi connectivity index (χ0) is 15.3. The van der Waals surface area contributed by atoms with E-state index in [1.807, 2.05) is 23.4 Å². The Morgan fingerprint density at radius 2 is 2.29 bits per heavy atom. The maximum absolute atomic E-state index is 12.4. The number of hydrogen-bond donors (Lipinski definition) is 2. The van der Waals surface area contributed by atoms with Gasteiger partial charge in [-0.25, -0.2) is 13.1 Å². The normalized spacial score (nSPS) is 19.8. The Labute approximate surface area is 131 Å². The summed E-state index contributed by atoms with van der Waals surface area (Å²) in [4.78, 5) is 0.369. The van der Waals surface area contributed by atoms with Crippen molar-refractivity contribution < 1.29 is 8.42 Å². The molecule has 0 aliphatic carbocycles. The number of nitrogens with zero attached hydrogens (tertiary/aromatic N) is 1. The Kier molecular flexibility index (Phi) is 6.16. The molecule has 0 amide bonds. The van der Waals surface area contributed by atoms with Gasteiger partial charge < -0.3 is 9.88 Å². The van der Waals surface area contributed by atoms with Crippen LogP contribution < -0.4 is 10.0 Å². The van der Waals surface area contributed by atoms with Gasteiger partial charge in [-0.05, 0) is 37.6 Å². The standard InChI is InChI=1S/C14H25N3O2S2/c1-3-6-15-9-13-8-14(10-17(13)2)21(18,19)16-12-5-4-7-20-11-12/h8,10,12,15-16H,3-7,9,11H2,1-2H3. The smallest absolute Gasteiger partial charge is 0.242 e. The van der Waals surface area contributed by atoms with E-state index in [1.54, 1.807) is 12.3 Å². The number of rotatable bonds is 7. The third-order valence-corrected chi connectivity index (χ3v) is 6.31. The molecule has 0 bridgehead atoms. The highest BCUT2D eigenvalue weighted by Gasteiger charge is 2.23. The summed E-state index contributed by atoms with van der Waals surface area (Å²) in [5, 5.41) is 3.30. The van der Waals surface area contributed by atoms with E-state index in [9.17, 15) is 8.42 Å². The summed E-state index contributed by atoms with van der Waals surface area (Å²) in [5.41, 5.74) is 0.988. The van der Waals surface area contributed by atoms with E-state index in [-0.39, 0.29) is 6.04 Å². The maximum atomic E-state index is 12.4. The maximum Gasteiger partial charge on any atom is 0.242 e. The van der Waals surface area contributed by atoms with E-state index in [0.29, 0.717) is 11.4 Å². The number of hydrogen-bond acceptors (Lipinski definition) is 4. The van der Waals surface area contributed by atoms with Gasteiger partial charge in [0.1, 0.15) is 0 Å². The van der Waals surface area contributed by atoms with Gasteiger partial charge in [0.05, 0.1) is 4.90 Å². The topological polar surface area (TPSA) is 63.1 Å². The van der Waals surface area contributed by atoms with E-state index in [2.05, 4.69) is 17.0 Å². The zero-order valence-electron chi connectivity index (χ0n) is 12.8.